The average molecular weight is 283 g/mol. The highest BCUT2D eigenvalue weighted by Crippen LogP contribution is 2.35. The van der Waals surface area contributed by atoms with Crippen molar-refractivity contribution in [3.05, 3.63) is 23.8 Å². The fourth-order valence-electron chi connectivity index (χ4n) is 2.18. The molecule has 20 heavy (non-hydrogen) atoms. The molecule has 0 saturated heterocycles. The van der Waals surface area contributed by atoms with Crippen molar-refractivity contribution in [3.8, 4) is 11.5 Å². The lowest BCUT2D eigenvalue weighted by Gasteiger charge is -2.30. The van der Waals surface area contributed by atoms with Gasteiger partial charge in [0.2, 0.25) is 0 Å². The van der Waals surface area contributed by atoms with E-state index < -0.39 is 6.10 Å². The van der Waals surface area contributed by atoms with Gasteiger partial charge in [-0.3, -0.25) is 0 Å². The second-order valence-electron chi connectivity index (χ2n) is 4.86. The van der Waals surface area contributed by atoms with Crippen molar-refractivity contribution in [1.82, 2.24) is 0 Å². The van der Waals surface area contributed by atoms with Crippen LogP contribution < -0.4 is 15.2 Å². The van der Waals surface area contributed by atoms with Crippen LogP contribution in [0.4, 0.5) is 0 Å². The van der Waals surface area contributed by atoms with Crippen LogP contribution in [0.5, 0.6) is 11.5 Å². The van der Waals surface area contributed by atoms with Gasteiger partial charge in [0.25, 0.3) is 0 Å². The van der Waals surface area contributed by atoms with Crippen LogP contribution in [0.25, 0.3) is 0 Å². The molecule has 1 aromatic carbocycles. The molecule has 112 valence electrons. The summed E-state index contributed by atoms with van der Waals surface area (Å²) >= 11 is 0. The third-order valence-electron chi connectivity index (χ3n) is 3.26. The van der Waals surface area contributed by atoms with Gasteiger partial charge in [-0.2, -0.15) is 0 Å². The van der Waals surface area contributed by atoms with E-state index in [9.17, 15) is 5.11 Å². The molecule has 6 nitrogen and oxygen atoms in total. The van der Waals surface area contributed by atoms with Crippen molar-refractivity contribution in [2.75, 3.05) is 26.9 Å². The van der Waals surface area contributed by atoms with Gasteiger partial charge < -0.3 is 30.2 Å². The standard InChI is InChI=1S/C14H21NO5/c1-18-10-2-3-12-13(15)4-11(20-14(12)5-10)8-19-7-9(17)6-16/h2-3,5,9,11,13,16-17H,4,6-8,15H2,1H3/t9-,11-,13-/m1/s1. The van der Waals surface area contributed by atoms with Crippen LogP contribution in [0.15, 0.2) is 18.2 Å². The fourth-order valence-corrected chi connectivity index (χ4v) is 2.18. The van der Waals surface area contributed by atoms with Crippen molar-refractivity contribution in [2.45, 2.75) is 24.7 Å². The van der Waals surface area contributed by atoms with Gasteiger partial charge in [0, 0.05) is 24.1 Å². The maximum Gasteiger partial charge on any atom is 0.128 e. The van der Waals surface area contributed by atoms with Crippen molar-refractivity contribution >= 4 is 0 Å². The van der Waals surface area contributed by atoms with E-state index in [-0.39, 0.29) is 25.4 Å². The Morgan fingerprint density at radius 1 is 1.50 bits per heavy atom. The van der Waals surface area contributed by atoms with Crippen LogP contribution in [0, 0.1) is 0 Å². The second kappa shape index (κ2) is 6.90. The molecule has 3 atom stereocenters. The molecular formula is C14H21NO5. The Bertz CT molecular complexity index is 440. The fraction of sp³-hybridized carbons (Fsp3) is 0.571. The lowest BCUT2D eigenvalue weighted by Crippen LogP contribution is -2.34. The van der Waals surface area contributed by atoms with Crippen LogP contribution in [0.3, 0.4) is 0 Å². The number of rotatable bonds is 6. The highest BCUT2D eigenvalue weighted by molar-refractivity contribution is 5.43. The summed E-state index contributed by atoms with van der Waals surface area (Å²) < 4.78 is 16.3. The third-order valence-corrected chi connectivity index (χ3v) is 3.26. The Morgan fingerprint density at radius 2 is 2.30 bits per heavy atom. The van der Waals surface area contributed by atoms with Crippen LogP contribution in [-0.4, -0.2) is 49.4 Å². The molecule has 0 aromatic heterocycles. The van der Waals surface area contributed by atoms with E-state index in [0.717, 1.165) is 5.56 Å². The zero-order chi connectivity index (χ0) is 14.5. The molecule has 1 aromatic rings. The Hall–Kier alpha value is -1.34. The molecule has 0 fully saturated rings. The first kappa shape index (κ1) is 15.1. The van der Waals surface area contributed by atoms with Gasteiger partial charge in [0.15, 0.2) is 0 Å². The zero-order valence-corrected chi connectivity index (χ0v) is 11.5. The number of methoxy groups -OCH3 is 1. The van der Waals surface area contributed by atoms with Crippen molar-refractivity contribution in [2.24, 2.45) is 5.73 Å². The predicted molar refractivity (Wildman–Crippen MR) is 72.9 cm³/mol. The molecule has 1 heterocycles. The lowest BCUT2D eigenvalue weighted by molar-refractivity contribution is -0.0241. The van der Waals surface area contributed by atoms with Gasteiger partial charge in [-0.25, -0.2) is 0 Å². The molecule has 0 amide bonds. The van der Waals surface area contributed by atoms with E-state index >= 15 is 0 Å². The minimum atomic E-state index is -0.861. The quantitative estimate of drug-likeness (QED) is 0.691. The Labute approximate surface area is 118 Å². The SMILES string of the molecule is COc1ccc2c(c1)O[C@@H](COC[C@H](O)CO)C[C@H]2N. The summed E-state index contributed by atoms with van der Waals surface area (Å²) in [5.41, 5.74) is 7.08. The Kier molecular flexibility index (Phi) is 5.19. The van der Waals surface area contributed by atoms with Gasteiger partial charge in [-0.05, 0) is 6.07 Å². The van der Waals surface area contributed by atoms with Crippen molar-refractivity contribution < 1.29 is 24.4 Å². The van der Waals surface area contributed by atoms with Gasteiger partial charge >= 0.3 is 0 Å². The third kappa shape index (κ3) is 3.61. The number of aliphatic hydroxyl groups excluding tert-OH is 2. The number of hydrogen-bond donors (Lipinski definition) is 3. The van der Waals surface area contributed by atoms with E-state index in [1.165, 1.54) is 0 Å². The predicted octanol–water partition coefficient (Wildman–Crippen LogP) is 0.216. The topological polar surface area (TPSA) is 94.2 Å². The molecule has 6 heteroatoms. The Morgan fingerprint density at radius 3 is 3.00 bits per heavy atom. The molecule has 0 aliphatic carbocycles. The summed E-state index contributed by atoms with van der Waals surface area (Å²) in [6.45, 7) is 0.0864. The molecule has 0 radical (unpaired) electrons. The number of benzene rings is 1. The van der Waals surface area contributed by atoms with Crippen molar-refractivity contribution in [1.29, 1.82) is 0 Å². The molecule has 0 spiro atoms. The monoisotopic (exact) mass is 283 g/mol. The van der Waals surface area contributed by atoms with Crippen LogP contribution in [-0.2, 0) is 4.74 Å². The van der Waals surface area contributed by atoms with Gasteiger partial charge in [-0.15, -0.1) is 0 Å². The molecule has 0 saturated carbocycles. The molecule has 4 N–H and O–H groups in total. The minimum absolute atomic E-state index is 0.0799. The first-order valence-corrected chi connectivity index (χ1v) is 6.61. The molecule has 2 rings (SSSR count). The van der Waals surface area contributed by atoms with Gasteiger partial charge in [0.05, 0.1) is 26.9 Å². The molecule has 0 bridgehead atoms. The van der Waals surface area contributed by atoms with Crippen LogP contribution >= 0.6 is 0 Å². The molecule has 1 aliphatic rings. The van der Waals surface area contributed by atoms with E-state index in [1.54, 1.807) is 7.11 Å². The normalized spacial score (nSPS) is 22.8. The summed E-state index contributed by atoms with van der Waals surface area (Å²) in [6.07, 6.45) is -0.385. The second-order valence-corrected chi connectivity index (χ2v) is 4.86. The average Bonchev–Trinajstić information content (AvgIpc) is 2.46. The molecule has 0 unspecified atom stereocenters. The summed E-state index contributed by atoms with van der Waals surface area (Å²) in [4.78, 5) is 0. The number of fused-ring (bicyclic) bond motifs is 1. The van der Waals surface area contributed by atoms with E-state index in [1.807, 2.05) is 18.2 Å². The largest absolute Gasteiger partial charge is 0.497 e. The molecule has 1 aliphatic heterocycles. The van der Waals surface area contributed by atoms with Crippen LogP contribution in [0.2, 0.25) is 0 Å². The maximum atomic E-state index is 9.21. The summed E-state index contributed by atoms with van der Waals surface area (Å²) in [5.74, 6) is 1.42. The first-order valence-electron chi connectivity index (χ1n) is 6.61. The number of nitrogens with two attached hydrogens (primary N) is 1. The first-order chi connectivity index (χ1) is 9.63. The number of aliphatic hydroxyl groups is 2. The molecular weight excluding hydrogens is 262 g/mol. The minimum Gasteiger partial charge on any atom is -0.497 e. The van der Waals surface area contributed by atoms with E-state index in [2.05, 4.69) is 0 Å². The van der Waals surface area contributed by atoms with Gasteiger partial charge in [-0.1, -0.05) is 6.07 Å². The summed E-state index contributed by atoms with van der Waals surface area (Å²) in [6, 6.07) is 5.47. The highest BCUT2D eigenvalue weighted by atomic mass is 16.5. The zero-order valence-electron chi connectivity index (χ0n) is 11.5. The van der Waals surface area contributed by atoms with Crippen LogP contribution in [0.1, 0.15) is 18.0 Å². The number of ether oxygens (including phenoxy) is 3. The highest BCUT2D eigenvalue weighted by Gasteiger charge is 2.26. The maximum absolute atomic E-state index is 9.21. The summed E-state index contributed by atoms with van der Waals surface area (Å²) in [5, 5.41) is 17.9. The lowest BCUT2D eigenvalue weighted by atomic mass is 9.97. The van der Waals surface area contributed by atoms with Gasteiger partial charge in [0.1, 0.15) is 23.7 Å². The van der Waals surface area contributed by atoms with E-state index in [0.29, 0.717) is 24.5 Å². The smallest absolute Gasteiger partial charge is 0.128 e. The van der Waals surface area contributed by atoms with E-state index in [4.69, 9.17) is 25.1 Å². The van der Waals surface area contributed by atoms with Crippen molar-refractivity contribution in [3.63, 3.8) is 0 Å². The number of hydrogen-bond acceptors (Lipinski definition) is 6. The Balaban J connectivity index is 1.95. The summed E-state index contributed by atoms with van der Waals surface area (Å²) in [7, 11) is 1.60.